The summed E-state index contributed by atoms with van der Waals surface area (Å²) in [6, 6.07) is 0.171. The van der Waals surface area contributed by atoms with Crippen molar-refractivity contribution in [1.29, 1.82) is 0 Å². The van der Waals surface area contributed by atoms with Gasteiger partial charge in [0.05, 0.1) is 12.0 Å². The normalized spacial score (nSPS) is 33.7. The van der Waals surface area contributed by atoms with Crippen LogP contribution in [0.1, 0.15) is 32.6 Å². The maximum atomic E-state index is 12.3. The molecule has 2 heterocycles. The quantitative estimate of drug-likeness (QED) is 0.703. The summed E-state index contributed by atoms with van der Waals surface area (Å²) in [5.74, 6) is -0.313. The topological polar surface area (TPSA) is 75.4 Å². The Morgan fingerprint density at radius 3 is 2.65 bits per heavy atom. The van der Waals surface area contributed by atoms with Gasteiger partial charge >= 0.3 is 0 Å². The zero-order valence-electron chi connectivity index (χ0n) is 10.3. The number of primary amides is 1. The van der Waals surface area contributed by atoms with Gasteiger partial charge in [-0.3, -0.25) is 9.59 Å². The molecule has 0 aromatic carbocycles. The highest BCUT2D eigenvalue weighted by molar-refractivity contribution is 5.84. The van der Waals surface area contributed by atoms with Crippen molar-refractivity contribution in [3.05, 3.63) is 0 Å². The van der Waals surface area contributed by atoms with Gasteiger partial charge in [0.1, 0.15) is 0 Å². The number of likely N-dealkylation sites (tertiary alicyclic amines) is 1. The molecule has 0 aliphatic carbocycles. The summed E-state index contributed by atoms with van der Waals surface area (Å²) >= 11 is 0. The van der Waals surface area contributed by atoms with Crippen LogP contribution < -0.4 is 11.1 Å². The lowest BCUT2D eigenvalue weighted by Gasteiger charge is -2.38. The second-order valence-corrected chi connectivity index (χ2v) is 5.17. The molecule has 2 aliphatic heterocycles. The molecule has 2 aliphatic rings. The first kappa shape index (κ1) is 12.4. The summed E-state index contributed by atoms with van der Waals surface area (Å²) in [6.45, 7) is 3.45. The molecule has 0 aromatic heterocycles. The van der Waals surface area contributed by atoms with Crippen LogP contribution >= 0.6 is 0 Å². The molecule has 0 bridgehead atoms. The molecule has 0 aromatic rings. The highest BCUT2D eigenvalue weighted by atomic mass is 16.2. The lowest BCUT2D eigenvalue weighted by molar-refractivity contribution is -0.139. The standard InChI is InChI=1S/C12H21N3O2/c1-8-4-5-9(11(13)16)7-15(8)12(17)10-3-2-6-14-10/h8-10,14H,2-7H2,1H3,(H2,13,16). The number of piperidine rings is 1. The highest BCUT2D eigenvalue weighted by Crippen LogP contribution is 2.23. The number of nitrogens with one attached hydrogen (secondary N) is 1. The number of hydrogen-bond donors (Lipinski definition) is 2. The lowest BCUT2D eigenvalue weighted by atomic mass is 9.92. The zero-order chi connectivity index (χ0) is 12.4. The molecule has 0 radical (unpaired) electrons. The fourth-order valence-electron chi connectivity index (χ4n) is 2.74. The van der Waals surface area contributed by atoms with E-state index in [1.54, 1.807) is 0 Å². The Morgan fingerprint density at radius 2 is 2.06 bits per heavy atom. The van der Waals surface area contributed by atoms with E-state index in [0.29, 0.717) is 6.54 Å². The predicted molar refractivity (Wildman–Crippen MR) is 64.1 cm³/mol. The van der Waals surface area contributed by atoms with E-state index in [1.165, 1.54) is 0 Å². The number of carbonyl (C=O) groups is 2. The van der Waals surface area contributed by atoms with Gasteiger partial charge in [-0.15, -0.1) is 0 Å². The average molecular weight is 239 g/mol. The Labute approximate surface area is 102 Å². The minimum atomic E-state index is -0.283. The van der Waals surface area contributed by atoms with E-state index in [1.807, 2.05) is 11.8 Å². The number of carbonyl (C=O) groups excluding carboxylic acids is 2. The Bertz CT molecular complexity index is 313. The smallest absolute Gasteiger partial charge is 0.239 e. The van der Waals surface area contributed by atoms with Crippen LogP contribution in [0, 0.1) is 5.92 Å². The molecule has 2 saturated heterocycles. The molecule has 17 heavy (non-hydrogen) atoms. The van der Waals surface area contributed by atoms with Crippen molar-refractivity contribution in [3.63, 3.8) is 0 Å². The molecule has 3 atom stereocenters. The maximum Gasteiger partial charge on any atom is 0.239 e. The third-order valence-corrected chi connectivity index (χ3v) is 3.93. The van der Waals surface area contributed by atoms with E-state index in [4.69, 9.17) is 5.73 Å². The molecule has 2 fully saturated rings. The van der Waals surface area contributed by atoms with Gasteiger partial charge in [-0.2, -0.15) is 0 Å². The first-order chi connectivity index (χ1) is 8.09. The second kappa shape index (κ2) is 5.04. The zero-order valence-corrected chi connectivity index (χ0v) is 10.3. The van der Waals surface area contributed by atoms with E-state index < -0.39 is 0 Å². The second-order valence-electron chi connectivity index (χ2n) is 5.17. The monoisotopic (exact) mass is 239 g/mol. The molecular formula is C12H21N3O2. The summed E-state index contributed by atoms with van der Waals surface area (Å²) in [6.07, 6.45) is 3.63. The predicted octanol–water partition coefficient (Wildman–Crippen LogP) is -0.149. The van der Waals surface area contributed by atoms with Crippen molar-refractivity contribution in [3.8, 4) is 0 Å². The van der Waals surface area contributed by atoms with Crippen molar-refractivity contribution in [1.82, 2.24) is 10.2 Å². The number of amides is 2. The molecule has 2 rings (SSSR count). The van der Waals surface area contributed by atoms with Crippen LogP contribution in [0.2, 0.25) is 0 Å². The summed E-state index contributed by atoms with van der Waals surface area (Å²) in [5, 5.41) is 3.21. The number of rotatable bonds is 2. The maximum absolute atomic E-state index is 12.3. The molecule has 5 heteroatoms. The van der Waals surface area contributed by atoms with Crippen LogP contribution in [0.15, 0.2) is 0 Å². The van der Waals surface area contributed by atoms with Gasteiger partial charge in [0, 0.05) is 12.6 Å². The van der Waals surface area contributed by atoms with Crippen molar-refractivity contribution in [2.75, 3.05) is 13.1 Å². The molecular weight excluding hydrogens is 218 g/mol. The van der Waals surface area contributed by atoms with Crippen LogP contribution in [0.25, 0.3) is 0 Å². The van der Waals surface area contributed by atoms with Gasteiger partial charge < -0.3 is 16.0 Å². The fourth-order valence-corrected chi connectivity index (χ4v) is 2.74. The number of hydrogen-bond acceptors (Lipinski definition) is 3. The lowest BCUT2D eigenvalue weighted by Crippen LogP contribution is -2.53. The van der Waals surface area contributed by atoms with Crippen LogP contribution in [0.3, 0.4) is 0 Å². The summed E-state index contributed by atoms with van der Waals surface area (Å²) in [4.78, 5) is 25.3. The van der Waals surface area contributed by atoms with Gasteiger partial charge in [-0.1, -0.05) is 0 Å². The van der Waals surface area contributed by atoms with E-state index in [-0.39, 0.29) is 29.8 Å². The Morgan fingerprint density at radius 1 is 1.29 bits per heavy atom. The summed E-state index contributed by atoms with van der Waals surface area (Å²) < 4.78 is 0. The Balaban J connectivity index is 2.01. The van der Waals surface area contributed by atoms with E-state index in [2.05, 4.69) is 5.32 Å². The first-order valence-corrected chi connectivity index (χ1v) is 6.42. The largest absolute Gasteiger partial charge is 0.369 e. The van der Waals surface area contributed by atoms with Gasteiger partial charge in [0.2, 0.25) is 11.8 Å². The molecule has 96 valence electrons. The van der Waals surface area contributed by atoms with Crippen molar-refractivity contribution in [2.24, 2.45) is 11.7 Å². The number of nitrogens with zero attached hydrogens (tertiary/aromatic N) is 1. The molecule has 3 unspecified atom stereocenters. The van der Waals surface area contributed by atoms with E-state index in [0.717, 1.165) is 32.2 Å². The van der Waals surface area contributed by atoms with Crippen molar-refractivity contribution >= 4 is 11.8 Å². The van der Waals surface area contributed by atoms with Crippen LogP contribution in [0.4, 0.5) is 0 Å². The van der Waals surface area contributed by atoms with Crippen molar-refractivity contribution < 1.29 is 9.59 Å². The molecule has 2 amide bonds. The minimum Gasteiger partial charge on any atom is -0.369 e. The van der Waals surface area contributed by atoms with Gasteiger partial charge in [-0.05, 0) is 39.2 Å². The minimum absolute atomic E-state index is 0.0518. The molecule has 0 saturated carbocycles. The van der Waals surface area contributed by atoms with Gasteiger partial charge in [-0.25, -0.2) is 0 Å². The highest BCUT2D eigenvalue weighted by Gasteiger charge is 2.35. The van der Waals surface area contributed by atoms with Crippen molar-refractivity contribution in [2.45, 2.75) is 44.7 Å². The van der Waals surface area contributed by atoms with E-state index in [9.17, 15) is 9.59 Å². The number of nitrogens with two attached hydrogens (primary N) is 1. The first-order valence-electron chi connectivity index (χ1n) is 6.42. The Hall–Kier alpha value is -1.10. The van der Waals surface area contributed by atoms with Gasteiger partial charge in [0.25, 0.3) is 0 Å². The van der Waals surface area contributed by atoms with E-state index >= 15 is 0 Å². The summed E-state index contributed by atoms with van der Waals surface area (Å²) in [7, 11) is 0. The van der Waals surface area contributed by atoms with Crippen LogP contribution in [-0.2, 0) is 9.59 Å². The SMILES string of the molecule is CC1CCC(C(N)=O)CN1C(=O)C1CCCN1. The van der Waals surface area contributed by atoms with Crippen LogP contribution in [0.5, 0.6) is 0 Å². The third kappa shape index (κ3) is 2.60. The summed E-state index contributed by atoms with van der Waals surface area (Å²) in [5.41, 5.74) is 5.34. The third-order valence-electron chi connectivity index (χ3n) is 3.93. The Kier molecular flexibility index (Phi) is 3.66. The average Bonchev–Trinajstić information content (AvgIpc) is 2.81. The molecule has 5 nitrogen and oxygen atoms in total. The van der Waals surface area contributed by atoms with Gasteiger partial charge in [0.15, 0.2) is 0 Å². The molecule has 0 spiro atoms. The molecule has 3 N–H and O–H groups in total. The van der Waals surface area contributed by atoms with Crippen LogP contribution in [-0.4, -0.2) is 41.9 Å². The fraction of sp³-hybridized carbons (Fsp3) is 0.833.